The number of para-hydroxylation sites is 2. The molecular weight excluding hydrogens is 414 g/mol. The van der Waals surface area contributed by atoms with E-state index < -0.39 is 0 Å². The van der Waals surface area contributed by atoms with E-state index in [1.54, 1.807) is 11.1 Å². The molecule has 1 aliphatic rings. The number of benzene rings is 3. The molecule has 0 aromatic heterocycles. The summed E-state index contributed by atoms with van der Waals surface area (Å²) in [5.74, 6) is 0.340. The number of nitrogens with zero attached hydrogens (tertiary/aromatic N) is 2. The van der Waals surface area contributed by atoms with Crippen molar-refractivity contribution in [3.05, 3.63) is 95.6 Å². The predicted molar refractivity (Wildman–Crippen MR) is 129 cm³/mol. The minimum Gasteiger partial charge on any atom is -0.488 e. The SMILES string of the molecule is O=C(CCC(=O)N1CCCc2ccccc21)N/N=C/c1ccccc1OCc1ccccc1. The lowest BCUT2D eigenvalue weighted by atomic mass is 10.0. The number of ether oxygens (including phenoxy) is 1. The van der Waals surface area contributed by atoms with Crippen LogP contribution in [0.25, 0.3) is 0 Å². The van der Waals surface area contributed by atoms with Crippen molar-refractivity contribution in [3.63, 3.8) is 0 Å². The fraction of sp³-hybridized carbons (Fsp3) is 0.222. The van der Waals surface area contributed by atoms with E-state index in [0.717, 1.165) is 29.7 Å². The number of nitrogens with one attached hydrogen (secondary N) is 1. The molecule has 0 saturated heterocycles. The zero-order valence-electron chi connectivity index (χ0n) is 18.4. The van der Waals surface area contributed by atoms with Gasteiger partial charge in [-0.3, -0.25) is 9.59 Å². The van der Waals surface area contributed by atoms with Crippen LogP contribution in [0.4, 0.5) is 5.69 Å². The third-order valence-electron chi connectivity index (χ3n) is 5.53. The van der Waals surface area contributed by atoms with Crippen LogP contribution in [0.5, 0.6) is 5.75 Å². The second-order valence-corrected chi connectivity index (χ2v) is 7.88. The number of hydrogen-bond acceptors (Lipinski definition) is 4. The van der Waals surface area contributed by atoms with Gasteiger partial charge in [0.15, 0.2) is 0 Å². The molecule has 1 heterocycles. The zero-order chi connectivity index (χ0) is 22.9. The maximum Gasteiger partial charge on any atom is 0.240 e. The van der Waals surface area contributed by atoms with Crippen molar-refractivity contribution in [2.45, 2.75) is 32.3 Å². The summed E-state index contributed by atoms with van der Waals surface area (Å²) in [6.45, 7) is 1.13. The van der Waals surface area contributed by atoms with Gasteiger partial charge in [-0.1, -0.05) is 60.7 Å². The van der Waals surface area contributed by atoms with Crippen molar-refractivity contribution in [1.82, 2.24) is 5.43 Å². The first-order valence-corrected chi connectivity index (χ1v) is 11.2. The van der Waals surface area contributed by atoms with Crippen LogP contribution in [0.1, 0.15) is 36.0 Å². The number of rotatable bonds is 8. The Morgan fingerprint density at radius 2 is 1.70 bits per heavy atom. The van der Waals surface area contributed by atoms with E-state index in [9.17, 15) is 9.59 Å². The number of carbonyl (C=O) groups excluding carboxylic acids is 2. The molecule has 0 radical (unpaired) electrons. The summed E-state index contributed by atoms with van der Waals surface area (Å²) in [5, 5.41) is 4.05. The smallest absolute Gasteiger partial charge is 0.240 e. The van der Waals surface area contributed by atoms with Gasteiger partial charge < -0.3 is 9.64 Å². The maximum atomic E-state index is 12.7. The summed E-state index contributed by atoms with van der Waals surface area (Å²) in [5.41, 5.74) is 6.48. The summed E-state index contributed by atoms with van der Waals surface area (Å²) >= 11 is 0. The highest BCUT2D eigenvalue weighted by atomic mass is 16.5. The first-order chi connectivity index (χ1) is 16.2. The number of fused-ring (bicyclic) bond motifs is 1. The predicted octanol–water partition coefficient (Wildman–Crippen LogP) is 4.48. The molecule has 4 rings (SSSR count). The molecule has 33 heavy (non-hydrogen) atoms. The Balaban J connectivity index is 1.27. The summed E-state index contributed by atoms with van der Waals surface area (Å²) in [6.07, 6.45) is 3.70. The number of hydrazone groups is 1. The van der Waals surface area contributed by atoms with E-state index in [1.165, 1.54) is 5.56 Å². The van der Waals surface area contributed by atoms with Gasteiger partial charge in [0.1, 0.15) is 12.4 Å². The van der Waals surface area contributed by atoms with Gasteiger partial charge in [0.05, 0.1) is 6.21 Å². The lowest BCUT2D eigenvalue weighted by Gasteiger charge is -2.29. The molecular formula is C27H27N3O3. The second-order valence-electron chi connectivity index (χ2n) is 7.88. The third kappa shape index (κ3) is 6.07. The monoisotopic (exact) mass is 441 g/mol. The van der Waals surface area contributed by atoms with E-state index in [0.29, 0.717) is 18.9 Å². The Labute approximate surface area is 193 Å². The maximum absolute atomic E-state index is 12.7. The van der Waals surface area contributed by atoms with E-state index >= 15 is 0 Å². The Bertz CT molecular complexity index is 1130. The molecule has 1 N–H and O–H groups in total. The van der Waals surface area contributed by atoms with Gasteiger partial charge in [0.25, 0.3) is 0 Å². The molecule has 0 bridgehead atoms. The number of aryl methyl sites for hydroxylation is 1. The standard InChI is InChI=1S/C27H27N3O3/c31-26(16-17-27(32)30-18-8-13-22-11-4-6-14-24(22)30)29-28-19-23-12-5-7-15-25(23)33-20-21-9-2-1-3-10-21/h1-7,9-12,14-15,19H,8,13,16-18,20H2,(H,29,31)/b28-19+. The Kier molecular flexibility index (Phi) is 7.48. The highest BCUT2D eigenvalue weighted by Gasteiger charge is 2.22. The number of amides is 2. The van der Waals surface area contributed by atoms with Crippen LogP contribution in [-0.2, 0) is 22.6 Å². The molecule has 1 aliphatic heterocycles. The molecule has 168 valence electrons. The molecule has 0 unspecified atom stereocenters. The molecule has 0 saturated carbocycles. The van der Waals surface area contributed by atoms with E-state index in [-0.39, 0.29) is 24.7 Å². The Hall–Kier alpha value is -3.93. The minimum absolute atomic E-state index is 0.0408. The lowest BCUT2D eigenvalue weighted by molar-refractivity contribution is -0.125. The van der Waals surface area contributed by atoms with Crippen LogP contribution < -0.4 is 15.1 Å². The van der Waals surface area contributed by atoms with Crippen molar-refractivity contribution in [3.8, 4) is 5.75 Å². The normalized spacial score (nSPS) is 12.9. The first-order valence-electron chi connectivity index (χ1n) is 11.2. The third-order valence-corrected chi connectivity index (χ3v) is 5.53. The van der Waals surface area contributed by atoms with Gasteiger partial charge in [0, 0.05) is 30.6 Å². The number of carbonyl (C=O) groups is 2. The summed E-state index contributed by atoms with van der Waals surface area (Å²) in [6, 6.07) is 25.4. The molecule has 2 amide bonds. The van der Waals surface area contributed by atoms with Gasteiger partial charge in [-0.05, 0) is 42.2 Å². The highest BCUT2D eigenvalue weighted by Crippen LogP contribution is 2.27. The fourth-order valence-corrected chi connectivity index (χ4v) is 3.83. The number of hydrogen-bond donors (Lipinski definition) is 1. The van der Waals surface area contributed by atoms with E-state index in [2.05, 4.69) is 16.6 Å². The first kappa shape index (κ1) is 22.3. The topological polar surface area (TPSA) is 71.0 Å². The van der Waals surface area contributed by atoms with Crippen LogP contribution in [0.3, 0.4) is 0 Å². The summed E-state index contributed by atoms with van der Waals surface area (Å²) in [4.78, 5) is 26.7. The van der Waals surface area contributed by atoms with Gasteiger partial charge in [-0.2, -0.15) is 5.10 Å². The van der Waals surface area contributed by atoms with Crippen LogP contribution in [-0.4, -0.2) is 24.6 Å². The summed E-state index contributed by atoms with van der Waals surface area (Å²) < 4.78 is 5.90. The molecule has 6 nitrogen and oxygen atoms in total. The van der Waals surface area contributed by atoms with Crippen molar-refractivity contribution < 1.29 is 14.3 Å². The Morgan fingerprint density at radius 1 is 0.939 bits per heavy atom. The van der Waals surface area contributed by atoms with Gasteiger partial charge in [-0.25, -0.2) is 5.43 Å². The average Bonchev–Trinajstić information content (AvgIpc) is 2.87. The van der Waals surface area contributed by atoms with Gasteiger partial charge >= 0.3 is 0 Å². The van der Waals surface area contributed by atoms with Gasteiger partial charge in [0.2, 0.25) is 11.8 Å². The minimum atomic E-state index is -0.299. The molecule has 0 aliphatic carbocycles. The Morgan fingerprint density at radius 3 is 2.58 bits per heavy atom. The summed E-state index contributed by atoms with van der Waals surface area (Å²) in [7, 11) is 0. The molecule has 0 fully saturated rings. The fourth-order valence-electron chi connectivity index (χ4n) is 3.83. The van der Waals surface area contributed by atoms with E-state index in [4.69, 9.17) is 4.74 Å². The zero-order valence-corrected chi connectivity index (χ0v) is 18.4. The van der Waals surface area contributed by atoms with E-state index in [1.807, 2.05) is 72.8 Å². The lowest BCUT2D eigenvalue weighted by Crippen LogP contribution is -2.36. The average molecular weight is 442 g/mol. The molecule has 3 aromatic carbocycles. The van der Waals surface area contributed by atoms with Crippen molar-refractivity contribution in [1.29, 1.82) is 0 Å². The van der Waals surface area contributed by atoms with Crippen molar-refractivity contribution in [2.24, 2.45) is 5.10 Å². The van der Waals surface area contributed by atoms with Gasteiger partial charge in [-0.15, -0.1) is 0 Å². The molecule has 0 atom stereocenters. The van der Waals surface area contributed by atoms with Crippen molar-refractivity contribution in [2.75, 3.05) is 11.4 Å². The number of anilines is 1. The van der Waals surface area contributed by atoms with Crippen LogP contribution in [0, 0.1) is 0 Å². The highest BCUT2D eigenvalue weighted by molar-refractivity contribution is 5.96. The molecule has 0 spiro atoms. The molecule has 6 heteroatoms. The van der Waals surface area contributed by atoms with Crippen LogP contribution in [0.15, 0.2) is 84.0 Å². The second kappa shape index (κ2) is 11.1. The van der Waals surface area contributed by atoms with Crippen LogP contribution >= 0.6 is 0 Å². The molecule has 3 aromatic rings. The van der Waals surface area contributed by atoms with Crippen LogP contribution in [0.2, 0.25) is 0 Å². The van der Waals surface area contributed by atoms with Crippen molar-refractivity contribution >= 4 is 23.7 Å². The quantitative estimate of drug-likeness (QED) is 0.414. The largest absolute Gasteiger partial charge is 0.488 e.